The Morgan fingerprint density at radius 1 is 1.29 bits per heavy atom. The molecule has 0 aliphatic carbocycles. The Kier molecular flexibility index (Phi) is 4.19. The summed E-state index contributed by atoms with van der Waals surface area (Å²) in [6.45, 7) is 1.38. The maximum absolute atomic E-state index is 9.30. The minimum atomic E-state index is -0.0704. The molecule has 1 heterocycles. The van der Waals surface area contributed by atoms with Crippen molar-refractivity contribution in [1.29, 1.82) is 0 Å². The second-order valence-corrected chi connectivity index (χ2v) is 3.67. The fourth-order valence-electron chi connectivity index (χ4n) is 1.76. The van der Waals surface area contributed by atoms with E-state index in [-0.39, 0.29) is 13.2 Å². The van der Waals surface area contributed by atoms with Gasteiger partial charge in [-0.2, -0.15) is 0 Å². The van der Waals surface area contributed by atoms with E-state index in [1.807, 2.05) is 12.1 Å². The van der Waals surface area contributed by atoms with Gasteiger partial charge in [0.25, 0.3) is 0 Å². The van der Waals surface area contributed by atoms with Crippen LogP contribution in [0.2, 0.25) is 0 Å². The molecular weight excluding hydrogens is 224 g/mol. The predicted molar refractivity (Wildman–Crippen MR) is 59.8 cm³/mol. The highest BCUT2D eigenvalue weighted by Gasteiger charge is 2.18. The van der Waals surface area contributed by atoms with Crippen LogP contribution in [0, 0.1) is 0 Å². The van der Waals surface area contributed by atoms with Gasteiger partial charge in [-0.3, -0.25) is 0 Å². The monoisotopic (exact) mass is 240 g/mol. The van der Waals surface area contributed by atoms with E-state index in [0.29, 0.717) is 24.7 Å². The number of aliphatic hydroxyl groups excluding tert-OH is 1. The summed E-state index contributed by atoms with van der Waals surface area (Å²) < 4.78 is 11.2. The normalized spacial score (nSPS) is 14.5. The van der Waals surface area contributed by atoms with Crippen LogP contribution in [0.4, 0.5) is 0 Å². The molecule has 0 saturated carbocycles. The van der Waals surface area contributed by atoms with Crippen LogP contribution in [0.25, 0.3) is 0 Å². The van der Waals surface area contributed by atoms with Crippen molar-refractivity contribution in [3.05, 3.63) is 23.3 Å². The highest BCUT2D eigenvalue weighted by molar-refractivity contribution is 5.50. The second-order valence-electron chi connectivity index (χ2n) is 3.67. The van der Waals surface area contributed by atoms with Gasteiger partial charge in [0.05, 0.1) is 26.9 Å². The van der Waals surface area contributed by atoms with Crippen molar-refractivity contribution in [2.45, 2.75) is 19.6 Å². The molecule has 2 rings (SSSR count). The van der Waals surface area contributed by atoms with Crippen LogP contribution in [0.5, 0.6) is 11.5 Å². The van der Waals surface area contributed by atoms with Gasteiger partial charge in [0.2, 0.25) is 0 Å². The second kappa shape index (κ2) is 5.86. The molecule has 0 bridgehead atoms. The number of fused-ring (bicyclic) bond motifs is 1. The zero-order valence-electron chi connectivity index (χ0n) is 9.77. The highest BCUT2D eigenvalue weighted by atomic mass is 17.2. The summed E-state index contributed by atoms with van der Waals surface area (Å²) in [4.78, 5) is 9.51. The molecule has 0 aromatic heterocycles. The molecule has 1 N–H and O–H groups in total. The highest BCUT2D eigenvalue weighted by Crippen LogP contribution is 2.36. The summed E-state index contributed by atoms with van der Waals surface area (Å²) in [5.41, 5.74) is 1.53. The van der Waals surface area contributed by atoms with Crippen molar-refractivity contribution in [2.24, 2.45) is 0 Å². The maximum atomic E-state index is 9.30. The first kappa shape index (κ1) is 12.2. The fourth-order valence-corrected chi connectivity index (χ4v) is 1.76. The first-order chi connectivity index (χ1) is 8.36. The van der Waals surface area contributed by atoms with E-state index in [4.69, 9.17) is 14.4 Å². The van der Waals surface area contributed by atoms with Crippen LogP contribution in [0.15, 0.2) is 12.1 Å². The van der Waals surface area contributed by atoms with Crippen molar-refractivity contribution in [3.63, 3.8) is 0 Å². The van der Waals surface area contributed by atoms with Crippen LogP contribution < -0.4 is 9.47 Å². The molecule has 1 aliphatic rings. The lowest BCUT2D eigenvalue weighted by molar-refractivity contribution is -0.282. The Balaban J connectivity index is 2.36. The lowest BCUT2D eigenvalue weighted by Gasteiger charge is -2.15. The molecule has 0 fully saturated rings. The van der Waals surface area contributed by atoms with Crippen molar-refractivity contribution >= 4 is 0 Å². The standard InChI is InChI=1S/C12H16O5/c1-14-17-8-10-9(7-13)3-4-11-12(10)16-6-2-5-15-11/h3-4,13H,2,5-8H2,1H3. The average molecular weight is 240 g/mol. The summed E-state index contributed by atoms with van der Waals surface area (Å²) in [5.74, 6) is 1.33. The van der Waals surface area contributed by atoms with E-state index in [1.54, 1.807) is 0 Å². The number of aliphatic hydroxyl groups is 1. The van der Waals surface area contributed by atoms with Crippen LogP contribution in [-0.2, 0) is 23.0 Å². The van der Waals surface area contributed by atoms with Crippen molar-refractivity contribution < 1.29 is 24.4 Å². The number of hydrogen-bond donors (Lipinski definition) is 1. The Morgan fingerprint density at radius 2 is 2.12 bits per heavy atom. The third-order valence-corrected chi connectivity index (χ3v) is 2.61. The van der Waals surface area contributed by atoms with Crippen molar-refractivity contribution in [1.82, 2.24) is 0 Å². The molecule has 0 atom stereocenters. The fraction of sp³-hybridized carbons (Fsp3) is 0.500. The molecule has 0 spiro atoms. The molecule has 0 saturated heterocycles. The molecular formula is C12H16O5. The minimum absolute atomic E-state index is 0.0704. The minimum Gasteiger partial charge on any atom is -0.490 e. The first-order valence-corrected chi connectivity index (χ1v) is 5.53. The summed E-state index contributed by atoms with van der Waals surface area (Å²) in [6.07, 6.45) is 0.841. The third-order valence-electron chi connectivity index (χ3n) is 2.61. The molecule has 1 aliphatic heterocycles. The number of rotatable bonds is 4. The van der Waals surface area contributed by atoms with Crippen LogP contribution >= 0.6 is 0 Å². The molecule has 1 aromatic carbocycles. The van der Waals surface area contributed by atoms with Crippen LogP contribution in [0.3, 0.4) is 0 Å². The molecule has 5 nitrogen and oxygen atoms in total. The van der Waals surface area contributed by atoms with Gasteiger partial charge in [-0.1, -0.05) is 6.07 Å². The van der Waals surface area contributed by atoms with E-state index < -0.39 is 0 Å². The van der Waals surface area contributed by atoms with Gasteiger partial charge in [0, 0.05) is 12.0 Å². The molecule has 0 amide bonds. The molecule has 0 radical (unpaired) electrons. The van der Waals surface area contributed by atoms with Gasteiger partial charge in [-0.15, -0.1) is 0 Å². The smallest absolute Gasteiger partial charge is 0.167 e. The van der Waals surface area contributed by atoms with E-state index in [0.717, 1.165) is 17.5 Å². The SMILES string of the molecule is COOCc1c(CO)ccc2c1OCCCO2. The zero-order valence-corrected chi connectivity index (χ0v) is 9.77. The van der Waals surface area contributed by atoms with E-state index in [9.17, 15) is 5.11 Å². The van der Waals surface area contributed by atoms with E-state index in [2.05, 4.69) is 4.89 Å². The van der Waals surface area contributed by atoms with Gasteiger partial charge in [-0.05, 0) is 11.6 Å². The Hall–Kier alpha value is -1.30. The largest absolute Gasteiger partial charge is 0.490 e. The molecule has 0 unspecified atom stereocenters. The van der Waals surface area contributed by atoms with Crippen LogP contribution in [-0.4, -0.2) is 25.4 Å². The molecule has 17 heavy (non-hydrogen) atoms. The lowest BCUT2D eigenvalue weighted by atomic mass is 10.1. The van der Waals surface area contributed by atoms with Gasteiger partial charge in [-0.25, -0.2) is 9.78 Å². The lowest BCUT2D eigenvalue weighted by Crippen LogP contribution is -2.03. The summed E-state index contributed by atoms with van der Waals surface area (Å²) in [7, 11) is 1.44. The predicted octanol–water partition coefficient (Wildman–Crippen LogP) is 1.42. The molecule has 94 valence electrons. The van der Waals surface area contributed by atoms with E-state index in [1.165, 1.54) is 7.11 Å². The summed E-state index contributed by atoms with van der Waals surface area (Å²) in [6, 6.07) is 3.62. The summed E-state index contributed by atoms with van der Waals surface area (Å²) in [5, 5.41) is 9.30. The Bertz CT molecular complexity index is 377. The van der Waals surface area contributed by atoms with Gasteiger partial charge in [0.1, 0.15) is 6.61 Å². The quantitative estimate of drug-likeness (QED) is 0.637. The maximum Gasteiger partial charge on any atom is 0.167 e. The van der Waals surface area contributed by atoms with Crippen molar-refractivity contribution in [2.75, 3.05) is 20.3 Å². The first-order valence-electron chi connectivity index (χ1n) is 5.53. The van der Waals surface area contributed by atoms with Crippen molar-refractivity contribution in [3.8, 4) is 11.5 Å². The number of ether oxygens (including phenoxy) is 2. The Morgan fingerprint density at radius 3 is 2.88 bits per heavy atom. The average Bonchev–Trinajstić information content (AvgIpc) is 2.60. The molecule has 1 aromatic rings. The number of benzene rings is 1. The zero-order chi connectivity index (χ0) is 12.1. The summed E-state index contributed by atoms with van der Waals surface area (Å²) >= 11 is 0. The van der Waals surface area contributed by atoms with Gasteiger partial charge in [0.15, 0.2) is 11.5 Å². The number of hydrogen-bond acceptors (Lipinski definition) is 5. The Labute approximate surface area is 99.8 Å². The van der Waals surface area contributed by atoms with Gasteiger partial charge >= 0.3 is 0 Å². The molecule has 5 heteroatoms. The third kappa shape index (κ3) is 2.69. The van der Waals surface area contributed by atoms with Gasteiger partial charge < -0.3 is 14.6 Å². The van der Waals surface area contributed by atoms with Crippen LogP contribution in [0.1, 0.15) is 17.5 Å². The topological polar surface area (TPSA) is 57.2 Å². The van der Waals surface area contributed by atoms with E-state index >= 15 is 0 Å².